The van der Waals surface area contributed by atoms with Gasteiger partial charge in [-0.05, 0) is 25.8 Å². The van der Waals surface area contributed by atoms with Crippen molar-refractivity contribution in [3.8, 4) is 0 Å². The monoisotopic (exact) mass is 266 g/mol. The third-order valence-corrected chi connectivity index (χ3v) is 3.96. The molecule has 106 valence electrons. The lowest BCUT2D eigenvalue weighted by atomic mass is 9.97. The van der Waals surface area contributed by atoms with Gasteiger partial charge in [-0.25, -0.2) is 0 Å². The highest BCUT2D eigenvalue weighted by Crippen LogP contribution is 2.33. The van der Waals surface area contributed by atoms with Gasteiger partial charge in [-0.1, -0.05) is 0 Å². The number of piperidine rings is 1. The first-order valence-electron chi connectivity index (χ1n) is 6.54. The molecule has 1 N–H and O–H groups in total. The van der Waals surface area contributed by atoms with Crippen molar-refractivity contribution in [3.63, 3.8) is 0 Å². The number of hydrogen-bond donors (Lipinski definition) is 1. The zero-order valence-corrected chi connectivity index (χ0v) is 10.7. The Bertz CT molecular complexity index is 273. The van der Waals surface area contributed by atoms with Gasteiger partial charge in [0.2, 0.25) is 0 Å². The number of methoxy groups -OCH3 is 1. The molecule has 0 aromatic rings. The van der Waals surface area contributed by atoms with Gasteiger partial charge in [0.1, 0.15) is 0 Å². The van der Waals surface area contributed by atoms with Crippen molar-refractivity contribution < 1.29 is 17.9 Å². The maximum Gasteiger partial charge on any atom is 0.393 e. The molecule has 0 spiro atoms. The third-order valence-electron chi connectivity index (χ3n) is 3.96. The van der Waals surface area contributed by atoms with E-state index >= 15 is 0 Å². The van der Waals surface area contributed by atoms with Crippen LogP contribution in [0.5, 0.6) is 0 Å². The van der Waals surface area contributed by atoms with E-state index in [9.17, 15) is 13.2 Å². The van der Waals surface area contributed by atoms with Gasteiger partial charge in [0.05, 0.1) is 12.0 Å². The van der Waals surface area contributed by atoms with Crippen LogP contribution < -0.4 is 5.32 Å². The minimum absolute atomic E-state index is 0.152. The van der Waals surface area contributed by atoms with E-state index in [0.29, 0.717) is 13.0 Å². The number of likely N-dealkylation sites (tertiary alicyclic amines) is 1. The summed E-state index contributed by atoms with van der Waals surface area (Å²) in [5.74, 6) is -1.15. The first kappa shape index (κ1) is 14.1. The number of alkyl halides is 3. The van der Waals surface area contributed by atoms with Crippen LogP contribution in [0.25, 0.3) is 0 Å². The molecule has 3 unspecified atom stereocenters. The van der Waals surface area contributed by atoms with Crippen LogP contribution >= 0.6 is 0 Å². The lowest BCUT2D eigenvalue weighted by Gasteiger charge is -2.35. The molecular weight excluding hydrogens is 245 g/mol. The van der Waals surface area contributed by atoms with Crippen molar-refractivity contribution >= 4 is 0 Å². The zero-order valence-electron chi connectivity index (χ0n) is 10.7. The van der Waals surface area contributed by atoms with Gasteiger partial charge in [-0.2, -0.15) is 13.2 Å². The Morgan fingerprint density at radius 3 is 2.78 bits per heavy atom. The lowest BCUT2D eigenvalue weighted by Crippen LogP contribution is -2.46. The van der Waals surface area contributed by atoms with Gasteiger partial charge in [-0.15, -0.1) is 0 Å². The topological polar surface area (TPSA) is 24.5 Å². The molecule has 2 saturated heterocycles. The first-order valence-corrected chi connectivity index (χ1v) is 6.54. The highest BCUT2D eigenvalue weighted by molar-refractivity contribution is 4.87. The average Bonchev–Trinajstić information content (AvgIpc) is 2.76. The minimum Gasteiger partial charge on any atom is -0.380 e. The summed E-state index contributed by atoms with van der Waals surface area (Å²) < 4.78 is 43.3. The Labute approximate surface area is 106 Å². The van der Waals surface area contributed by atoms with Crippen LogP contribution in [0.4, 0.5) is 13.2 Å². The van der Waals surface area contributed by atoms with E-state index in [4.69, 9.17) is 4.74 Å². The Morgan fingerprint density at radius 1 is 1.39 bits per heavy atom. The van der Waals surface area contributed by atoms with E-state index in [1.54, 1.807) is 7.11 Å². The minimum atomic E-state index is -4.04. The quantitative estimate of drug-likeness (QED) is 0.840. The molecule has 3 nitrogen and oxygen atoms in total. The van der Waals surface area contributed by atoms with Crippen molar-refractivity contribution in [2.45, 2.75) is 37.6 Å². The van der Waals surface area contributed by atoms with E-state index in [1.807, 2.05) is 4.90 Å². The molecule has 2 fully saturated rings. The second kappa shape index (κ2) is 5.75. The van der Waals surface area contributed by atoms with Crippen LogP contribution in [0.3, 0.4) is 0 Å². The molecule has 2 heterocycles. The third kappa shape index (κ3) is 3.59. The van der Waals surface area contributed by atoms with Gasteiger partial charge in [0, 0.05) is 32.8 Å². The van der Waals surface area contributed by atoms with E-state index in [1.165, 1.54) is 0 Å². The fourth-order valence-corrected chi connectivity index (χ4v) is 2.90. The fourth-order valence-electron chi connectivity index (χ4n) is 2.90. The standard InChI is InChI=1S/C12H21F3N2O/c1-18-11-5-10(16-6-11)8-17-4-2-3-9(7-17)12(13,14)15/h9-11,16H,2-8H2,1H3. The largest absolute Gasteiger partial charge is 0.393 e. The van der Waals surface area contributed by atoms with E-state index in [0.717, 1.165) is 19.5 Å². The second-order valence-electron chi connectivity index (χ2n) is 5.34. The van der Waals surface area contributed by atoms with Crippen molar-refractivity contribution in [2.75, 3.05) is 33.3 Å². The maximum atomic E-state index is 12.7. The van der Waals surface area contributed by atoms with Gasteiger partial charge in [0.15, 0.2) is 0 Å². The number of nitrogens with one attached hydrogen (secondary N) is 1. The summed E-state index contributed by atoms with van der Waals surface area (Å²) in [6.45, 7) is 2.44. The van der Waals surface area contributed by atoms with E-state index in [-0.39, 0.29) is 25.1 Å². The maximum absolute atomic E-state index is 12.7. The van der Waals surface area contributed by atoms with Crippen LogP contribution in [0, 0.1) is 5.92 Å². The number of ether oxygens (including phenoxy) is 1. The summed E-state index contributed by atoms with van der Waals surface area (Å²) in [6, 6.07) is 0.266. The molecule has 0 radical (unpaired) electrons. The number of hydrogen-bond acceptors (Lipinski definition) is 3. The van der Waals surface area contributed by atoms with Gasteiger partial charge >= 0.3 is 6.18 Å². The van der Waals surface area contributed by atoms with Gasteiger partial charge < -0.3 is 15.0 Å². The van der Waals surface area contributed by atoms with E-state index < -0.39 is 12.1 Å². The van der Waals surface area contributed by atoms with Crippen LogP contribution in [0.2, 0.25) is 0 Å². The highest BCUT2D eigenvalue weighted by atomic mass is 19.4. The summed E-state index contributed by atoms with van der Waals surface area (Å²) in [5, 5.41) is 3.31. The Morgan fingerprint density at radius 2 is 2.17 bits per heavy atom. The molecule has 0 saturated carbocycles. The number of nitrogens with zero attached hydrogens (tertiary/aromatic N) is 1. The summed E-state index contributed by atoms with van der Waals surface area (Å²) in [6.07, 6.45) is -2.03. The SMILES string of the molecule is COC1CNC(CN2CCCC(C(F)(F)F)C2)C1. The summed E-state index contributed by atoms with van der Waals surface area (Å²) in [5.41, 5.74) is 0. The van der Waals surface area contributed by atoms with Crippen molar-refractivity contribution in [1.82, 2.24) is 10.2 Å². The average molecular weight is 266 g/mol. The number of rotatable bonds is 3. The Hall–Kier alpha value is -0.330. The Kier molecular flexibility index (Phi) is 4.50. The van der Waals surface area contributed by atoms with E-state index in [2.05, 4.69) is 5.32 Å². The lowest BCUT2D eigenvalue weighted by molar-refractivity contribution is -0.186. The normalized spacial score (nSPS) is 35.0. The van der Waals surface area contributed by atoms with Crippen molar-refractivity contribution in [1.29, 1.82) is 0 Å². The second-order valence-corrected chi connectivity index (χ2v) is 5.34. The molecule has 0 aliphatic carbocycles. The molecular formula is C12H21F3N2O. The van der Waals surface area contributed by atoms with Gasteiger partial charge in [-0.3, -0.25) is 0 Å². The molecule has 0 aromatic carbocycles. The Balaban J connectivity index is 1.80. The predicted octanol–water partition coefficient (Wildman–Crippen LogP) is 1.64. The molecule has 18 heavy (non-hydrogen) atoms. The van der Waals surface area contributed by atoms with Crippen LogP contribution in [0.1, 0.15) is 19.3 Å². The molecule has 0 aromatic heterocycles. The molecule has 2 aliphatic rings. The zero-order chi connectivity index (χ0) is 13.2. The smallest absolute Gasteiger partial charge is 0.380 e. The van der Waals surface area contributed by atoms with Crippen molar-refractivity contribution in [2.24, 2.45) is 5.92 Å². The van der Waals surface area contributed by atoms with Crippen LogP contribution in [-0.4, -0.2) is 56.5 Å². The molecule has 3 atom stereocenters. The van der Waals surface area contributed by atoms with Gasteiger partial charge in [0.25, 0.3) is 0 Å². The summed E-state index contributed by atoms with van der Waals surface area (Å²) in [7, 11) is 1.68. The molecule has 2 rings (SSSR count). The summed E-state index contributed by atoms with van der Waals surface area (Å²) in [4.78, 5) is 1.94. The first-order chi connectivity index (χ1) is 8.49. The van der Waals surface area contributed by atoms with Crippen molar-refractivity contribution in [3.05, 3.63) is 0 Å². The molecule has 6 heteroatoms. The predicted molar refractivity (Wildman–Crippen MR) is 62.4 cm³/mol. The molecule has 0 amide bonds. The fraction of sp³-hybridized carbons (Fsp3) is 1.00. The molecule has 0 bridgehead atoms. The molecule has 2 aliphatic heterocycles. The number of halogens is 3. The van der Waals surface area contributed by atoms with Crippen LogP contribution in [0.15, 0.2) is 0 Å². The summed E-state index contributed by atoms with van der Waals surface area (Å²) >= 11 is 0. The highest BCUT2D eigenvalue weighted by Gasteiger charge is 2.42. The van der Waals surface area contributed by atoms with Crippen LogP contribution in [-0.2, 0) is 4.74 Å².